The maximum absolute atomic E-state index is 11.4. The van der Waals surface area contributed by atoms with Gasteiger partial charge in [0.2, 0.25) is 0 Å². The number of aliphatic carboxylic acids is 1. The highest BCUT2D eigenvalue weighted by Crippen LogP contribution is 2.19. The third-order valence-corrected chi connectivity index (χ3v) is 3.22. The van der Waals surface area contributed by atoms with Gasteiger partial charge in [0.15, 0.2) is 0 Å². The molecule has 0 aromatic heterocycles. The summed E-state index contributed by atoms with van der Waals surface area (Å²) in [5.74, 6) is -0.809. The second kappa shape index (κ2) is 6.75. The molecule has 1 unspecified atom stereocenters. The van der Waals surface area contributed by atoms with E-state index in [-0.39, 0.29) is 6.61 Å². The maximum atomic E-state index is 11.4. The molecule has 0 aliphatic carbocycles. The van der Waals surface area contributed by atoms with E-state index in [2.05, 4.69) is 6.92 Å². The van der Waals surface area contributed by atoms with E-state index in [0.29, 0.717) is 5.75 Å². The van der Waals surface area contributed by atoms with Crippen molar-refractivity contribution >= 4 is 5.97 Å². The zero-order valence-corrected chi connectivity index (χ0v) is 11.5. The van der Waals surface area contributed by atoms with E-state index in [4.69, 9.17) is 4.74 Å². The Morgan fingerprint density at radius 3 is 2.55 bits per heavy atom. The van der Waals surface area contributed by atoms with Crippen LogP contribution in [0.1, 0.15) is 24.0 Å². The van der Waals surface area contributed by atoms with Crippen LogP contribution in [-0.2, 0) is 11.2 Å². The number of hydrogen-bond donors (Lipinski definition) is 1. The van der Waals surface area contributed by atoms with Gasteiger partial charge in [0.25, 0.3) is 0 Å². The van der Waals surface area contributed by atoms with E-state index >= 15 is 0 Å². The Morgan fingerprint density at radius 2 is 1.90 bits per heavy atom. The Balaban J connectivity index is 2.08. The van der Waals surface area contributed by atoms with Gasteiger partial charge in [-0.3, -0.25) is 4.79 Å². The molecule has 2 rings (SSSR count). The van der Waals surface area contributed by atoms with Crippen LogP contribution in [0.3, 0.4) is 0 Å². The van der Waals surface area contributed by atoms with E-state index < -0.39 is 11.9 Å². The zero-order chi connectivity index (χ0) is 14.4. The lowest BCUT2D eigenvalue weighted by Gasteiger charge is -2.14. The normalized spacial score (nSPS) is 11.8. The Bertz CT molecular complexity index is 563. The summed E-state index contributed by atoms with van der Waals surface area (Å²) in [4.78, 5) is 11.4. The third-order valence-electron chi connectivity index (χ3n) is 3.22. The fourth-order valence-electron chi connectivity index (χ4n) is 2.03. The van der Waals surface area contributed by atoms with Crippen LogP contribution in [0.4, 0.5) is 0 Å². The molecule has 0 aliphatic heterocycles. The van der Waals surface area contributed by atoms with Crippen molar-refractivity contribution in [2.45, 2.75) is 19.3 Å². The van der Waals surface area contributed by atoms with Crippen LogP contribution >= 0.6 is 0 Å². The molecule has 0 saturated heterocycles. The standard InChI is InChI=1S/C17H18O3/c1-2-13-7-6-10-15(11-13)20-12-16(17(18)19)14-8-4-3-5-9-14/h3-11,16H,2,12H2,1H3,(H,18,19). The maximum Gasteiger partial charge on any atom is 0.314 e. The first kappa shape index (κ1) is 14.1. The van der Waals surface area contributed by atoms with Crippen molar-refractivity contribution < 1.29 is 14.6 Å². The summed E-state index contributed by atoms with van der Waals surface area (Å²) < 4.78 is 5.65. The number of ether oxygens (including phenoxy) is 1. The van der Waals surface area contributed by atoms with Crippen molar-refractivity contribution in [2.75, 3.05) is 6.61 Å². The first-order chi connectivity index (χ1) is 9.70. The Labute approximate surface area is 118 Å². The molecule has 3 heteroatoms. The second-order valence-corrected chi connectivity index (χ2v) is 4.61. The molecule has 1 atom stereocenters. The number of benzene rings is 2. The molecule has 0 saturated carbocycles. The number of carboxylic acid groups (broad SMARTS) is 1. The van der Waals surface area contributed by atoms with E-state index in [0.717, 1.165) is 12.0 Å². The van der Waals surface area contributed by atoms with E-state index in [1.165, 1.54) is 5.56 Å². The minimum Gasteiger partial charge on any atom is -0.492 e. The number of aryl methyl sites for hydroxylation is 1. The molecule has 0 amide bonds. The first-order valence-electron chi connectivity index (χ1n) is 6.70. The lowest BCUT2D eigenvalue weighted by Crippen LogP contribution is -2.19. The van der Waals surface area contributed by atoms with Gasteiger partial charge >= 0.3 is 5.97 Å². The summed E-state index contributed by atoms with van der Waals surface area (Å²) in [6.07, 6.45) is 0.929. The number of carboxylic acids is 1. The monoisotopic (exact) mass is 270 g/mol. The van der Waals surface area contributed by atoms with Gasteiger partial charge in [-0.2, -0.15) is 0 Å². The van der Waals surface area contributed by atoms with Crippen LogP contribution in [0, 0.1) is 0 Å². The van der Waals surface area contributed by atoms with Gasteiger partial charge in [0, 0.05) is 0 Å². The molecule has 0 radical (unpaired) electrons. The molecule has 1 N–H and O–H groups in total. The SMILES string of the molecule is CCc1cccc(OCC(C(=O)O)c2ccccc2)c1. The molecule has 0 heterocycles. The minimum absolute atomic E-state index is 0.131. The molecular formula is C17H18O3. The zero-order valence-electron chi connectivity index (χ0n) is 11.5. The average Bonchev–Trinajstić information content (AvgIpc) is 2.48. The van der Waals surface area contributed by atoms with Gasteiger partial charge in [-0.25, -0.2) is 0 Å². The summed E-state index contributed by atoms with van der Waals surface area (Å²) in [7, 11) is 0. The van der Waals surface area contributed by atoms with Gasteiger partial charge < -0.3 is 9.84 Å². The third kappa shape index (κ3) is 3.60. The van der Waals surface area contributed by atoms with E-state index in [1.807, 2.05) is 54.6 Å². The van der Waals surface area contributed by atoms with Gasteiger partial charge in [0.05, 0.1) is 0 Å². The highest BCUT2D eigenvalue weighted by atomic mass is 16.5. The molecule has 3 nitrogen and oxygen atoms in total. The predicted molar refractivity (Wildman–Crippen MR) is 78.1 cm³/mol. The van der Waals surface area contributed by atoms with Crippen molar-refractivity contribution in [1.82, 2.24) is 0 Å². The lowest BCUT2D eigenvalue weighted by atomic mass is 10.0. The van der Waals surface area contributed by atoms with Gasteiger partial charge in [-0.15, -0.1) is 0 Å². The second-order valence-electron chi connectivity index (χ2n) is 4.61. The summed E-state index contributed by atoms with van der Waals surface area (Å²) in [6, 6.07) is 16.9. The van der Waals surface area contributed by atoms with Gasteiger partial charge in [-0.05, 0) is 29.7 Å². The van der Waals surface area contributed by atoms with E-state index in [1.54, 1.807) is 0 Å². The fourth-order valence-corrected chi connectivity index (χ4v) is 2.03. The van der Waals surface area contributed by atoms with Gasteiger partial charge in [0.1, 0.15) is 18.3 Å². The molecular weight excluding hydrogens is 252 g/mol. The molecule has 0 fully saturated rings. The Hall–Kier alpha value is -2.29. The van der Waals surface area contributed by atoms with Crippen LogP contribution in [0.15, 0.2) is 54.6 Å². The fraction of sp³-hybridized carbons (Fsp3) is 0.235. The molecule has 0 bridgehead atoms. The average molecular weight is 270 g/mol. The number of hydrogen-bond acceptors (Lipinski definition) is 2. The quantitative estimate of drug-likeness (QED) is 0.874. The molecule has 20 heavy (non-hydrogen) atoms. The first-order valence-corrected chi connectivity index (χ1v) is 6.70. The van der Waals surface area contributed by atoms with Crippen LogP contribution in [-0.4, -0.2) is 17.7 Å². The summed E-state index contributed by atoms with van der Waals surface area (Å²) >= 11 is 0. The van der Waals surface area contributed by atoms with Crippen LogP contribution in [0.25, 0.3) is 0 Å². The highest BCUT2D eigenvalue weighted by molar-refractivity contribution is 5.76. The van der Waals surface area contributed by atoms with Crippen molar-refractivity contribution in [3.63, 3.8) is 0 Å². The van der Waals surface area contributed by atoms with Gasteiger partial charge in [-0.1, -0.05) is 49.4 Å². The van der Waals surface area contributed by atoms with Crippen molar-refractivity contribution in [1.29, 1.82) is 0 Å². The Kier molecular flexibility index (Phi) is 4.77. The van der Waals surface area contributed by atoms with Crippen molar-refractivity contribution in [3.8, 4) is 5.75 Å². The smallest absolute Gasteiger partial charge is 0.314 e. The number of carbonyl (C=O) groups is 1. The predicted octanol–water partition coefficient (Wildman–Crippen LogP) is 3.50. The summed E-state index contributed by atoms with van der Waals surface area (Å²) in [6.45, 7) is 2.20. The highest BCUT2D eigenvalue weighted by Gasteiger charge is 2.20. The van der Waals surface area contributed by atoms with Crippen LogP contribution < -0.4 is 4.74 Å². The summed E-state index contributed by atoms with van der Waals surface area (Å²) in [5, 5.41) is 9.33. The molecule has 0 spiro atoms. The summed E-state index contributed by atoms with van der Waals surface area (Å²) in [5.41, 5.74) is 1.93. The molecule has 2 aromatic rings. The Morgan fingerprint density at radius 1 is 1.15 bits per heavy atom. The number of rotatable bonds is 6. The largest absolute Gasteiger partial charge is 0.492 e. The van der Waals surface area contributed by atoms with Crippen molar-refractivity contribution in [2.24, 2.45) is 0 Å². The molecule has 2 aromatic carbocycles. The molecule has 104 valence electrons. The minimum atomic E-state index is -0.872. The van der Waals surface area contributed by atoms with Crippen LogP contribution in [0.5, 0.6) is 5.75 Å². The lowest BCUT2D eigenvalue weighted by molar-refractivity contribution is -0.139. The topological polar surface area (TPSA) is 46.5 Å². The van der Waals surface area contributed by atoms with E-state index in [9.17, 15) is 9.90 Å². The van der Waals surface area contributed by atoms with Crippen LogP contribution in [0.2, 0.25) is 0 Å². The van der Waals surface area contributed by atoms with Crippen molar-refractivity contribution in [3.05, 3.63) is 65.7 Å². The molecule has 0 aliphatic rings.